The molecule has 1 saturated carbocycles. The summed E-state index contributed by atoms with van der Waals surface area (Å²) in [6.07, 6.45) is -1.73. The first-order chi connectivity index (χ1) is 13.9. The van der Waals surface area contributed by atoms with Crippen molar-refractivity contribution in [2.24, 2.45) is 5.92 Å². The number of nitrogens with one attached hydrogen (secondary N) is 2. The van der Waals surface area contributed by atoms with Gasteiger partial charge in [0.25, 0.3) is 0 Å². The number of halogens is 1. The molecule has 0 aliphatic heterocycles. The number of aromatic nitrogens is 3. The lowest BCUT2D eigenvalue weighted by atomic mass is 10.1. The van der Waals surface area contributed by atoms with E-state index in [2.05, 4.69) is 25.6 Å². The molecule has 0 radical (unpaired) electrons. The lowest BCUT2D eigenvalue weighted by Crippen LogP contribution is -2.35. The van der Waals surface area contributed by atoms with Crippen LogP contribution in [0.2, 0.25) is 5.15 Å². The summed E-state index contributed by atoms with van der Waals surface area (Å²) in [6, 6.07) is 5.31. The third-order valence-corrected chi connectivity index (χ3v) is 6.46. The van der Waals surface area contributed by atoms with Crippen molar-refractivity contribution in [1.82, 2.24) is 15.0 Å². The molecule has 0 saturated heterocycles. The molecule has 2 aromatic heterocycles. The van der Waals surface area contributed by atoms with E-state index >= 15 is 0 Å². The monoisotopic (exact) mass is 436 g/mol. The fourth-order valence-corrected chi connectivity index (χ4v) is 4.87. The van der Waals surface area contributed by atoms with E-state index in [1.807, 2.05) is 25.2 Å². The molecule has 0 amide bonds. The number of nitrogens with two attached hydrogens (primary N) is 1. The van der Waals surface area contributed by atoms with Crippen molar-refractivity contribution in [2.45, 2.75) is 24.7 Å². The van der Waals surface area contributed by atoms with Crippen molar-refractivity contribution in [3.8, 4) is 10.6 Å². The van der Waals surface area contributed by atoms with Gasteiger partial charge in [0, 0.05) is 25.3 Å². The zero-order valence-corrected chi connectivity index (χ0v) is 17.1. The average Bonchev–Trinajstić information content (AvgIpc) is 3.22. The van der Waals surface area contributed by atoms with Crippen LogP contribution in [0.15, 0.2) is 18.2 Å². The Kier molecular flexibility index (Phi) is 5.45. The van der Waals surface area contributed by atoms with Gasteiger partial charge in [-0.15, -0.1) is 11.3 Å². The summed E-state index contributed by atoms with van der Waals surface area (Å²) in [5.74, 6) is -0.125. The maximum Gasteiger partial charge on any atom is 0.223 e. The van der Waals surface area contributed by atoms with Gasteiger partial charge in [-0.3, -0.25) is 0 Å². The van der Waals surface area contributed by atoms with Crippen LogP contribution in [-0.4, -0.2) is 62.2 Å². The van der Waals surface area contributed by atoms with E-state index in [4.69, 9.17) is 17.3 Å². The molecule has 4 rings (SSSR count). The van der Waals surface area contributed by atoms with E-state index in [1.54, 1.807) is 0 Å². The SMILES string of the molecule is CNc1ccc2sc(-c3c(Cl)nc(N)nc3N[C@@H]3C[C@H](CO)[C@@H](O)[C@H]3O)nc2c1. The summed E-state index contributed by atoms with van der Waals surface area (Å²) in [5, 5.41) is 36.8. The van der Waals surface area contributed by atoms with Gasteiger partial charge in [-0.05, 0) is 24.6 Å². The van der Waals surface area contributed by atoms with Gasteiger partial charge in [0.15, 0.2) is 0 Å². The molecule has 4 atom stereocenters. The van der Waals surface area contributed by atoms with Crippen molar-refractivity contribution < 1.29 is 15.3 Å². The molecule has 1 aliphatic carbocycles. The second-order valence-electron chi connectivity index (χ2n) is 6.96. The second kappa shape index (κ2) is 7.88. The number of aliphatic hydroxyl groups is 3. The van der Waals surface area contributed by atoms with E-state index < -0.39 is 24.2 Å². The number of hydrogen-bond acceptors (Lipinski definition) is 10. The van der Waals surface area contributed by atoms with Crippen molar-refractivity contribution in [2.75, 3.05) is 30.0 Å². The highest BCUT2D eigenvalue weighted by Crippen LogP contribution is 2.40. The minimum absolute atomic E-state index is 0.0217. The Hall–Kier alpha value is -2.24. The van der Waals surface area contributed by atoms with Crippen LogP contribution in [-0.2, 0) is 0 Å². The molecular formula is C18H21ClN6O3S. The molecule has 1 aromatic carbocycles. The van der Waals surface area contributed by atoms with Gasteiger partial charge in [-0.2, -0.15) is 4.98 Å². The Morgan fingerprint density at radius 1 is 1.24 bits per heavy atom. The lowest BCUT2D eigenvalue weighted by Gasteiger charge is -2.20. The van der Waals surface area contributed by atoms with Crippen molar-refractivity contribution in [1.29, 1.82) is 0 Å². The molecule has 3 aromatic rings. The summed E-state index contributed by atoms with van der Waals surface area (Å²) < 4.78 is 0.967. The van der Waals surface area contributed by atoms with E-state index in [9.17, 15) is 15.3 Å². The highest BCUT2D eigenvalue weighted by atomic mass is 35.5. The van der Waals surface area contributed by atoms with Crippen molar-refractivity contribution in [3.05, 3.63) is 23.4 Å². The molecule has 1 aliphatic rings. The summed E-state index contributed by atoms with van der Waals surface area (Å²) >= 11 is 7.83. The Bertz CT molecular complexity index is 1050. The van der Waals surface area contributed by atoms with Crippen molar-refractivity contribution in [3.63, 3.8) is 0 Å². The molecule has 11 heteroatoms. The van der Waals surface area contributed by atoms with Crippen molar-refractivity contribution >= 4 is 50.6 Å². The Balaban J connectivity index is 1.75. The van der Waals surface area contributed by atoms with Gasteiger partial charge >= 0.3 is 0 Å². The van der Waals surface area contributed by atoms with Gasteiger partial charge < -0.3 is 31.7 Å². The summed E-state index contributed by atoms with van der Waals surface area (Å²) in [6.45, 7) is -0.221. The Labute approximate surface area is 175 Å². The third kappa shape index (κ3) is 3.69. The van der Waals surface area contributed by atoms with Crippen LogP contribution in [0, 0.1) is 5.92 Å². The van der Waals surface area contributed by atoms with Crippen LogP contribution >= 0.6 is 22.9 Å². The number of rotatable bonds is 5. The number of fused-ring (bicyclic) bond motifs is 1. The predicted octanol–water partition coefficient (Wildman–Crippen LogP) is 1.55. The number of thiazole rings is 1. The summed E-state index contributed by atoms with van der Waals surface area (Å²) in [5.41, 5.74) is 7.99. The average molecular weight is 437 g/mol. The first-order valence-electron chi connectivity index (χ1n) is 9.06. The molecule has 154 valence electrons. The maximum atomic E-state index is 10.3. The van der Waals surface area contributed by atoms with E-state index in [0.717, 1.165) is 15.9 Å². The van der Waals surface area contributed by atoms with E-state index in [-0.39, 0.29) is 17.7 Å². The molecule has 1 fully saturated rings. The van der Waals surface area contributed by atoms with Crippen LogP contribution in [0.4, 0.5) is 17.5 Å². The van der Waals surface area contributed by atoms with Gasteiger partial charge in [-0.1, -0.05) is 11.6 Å². The first kappa shape index (κ1) is 20.0. The smallest absolute Gasteiger partial charge is 0.223 e. The van der Waals surface area contributed by atoms with Gasteiger partial charge in [0.1, 0.15) is 22.1 Å². The molecule has 7 N–H and O–H groups in total. The van der Waals surface area contributed by atoms with Crippen LogP contribution < -0.4 is 16.4 Å². The van der Waals surface area contributed by atoms with E-state index in [0.29, 0.717) is 22.8 Å². The van der Waals surface area contributed by atoms with Gasteiger partial charge in [0.2, 0.25) is 5.95 Å². The predicted molar refractivity (Wildman–Crippen MR) is 114 cm³/mol. The normalized spacial score (nSPS) is 24.2. The number of aliphatic hydroxyl groups excluding tert-OH is 3. The van der Waals surface area contributed by atoms with Crippen LogP contribution in [0.25, 0.3) is 20.8 Å². The Morgan fingerprint density at radius 2 is 2.03 bits per heavy atom. The van der Waals surface area contributed by atoms with Crippen LogP contribution in [0.3, 0.4) is 0 Å². The lowest BCUT2D eigenvalue weighted by molar-refractivity contribution is 0.00446. The van der Waals surface area contributed by atoms with E-state index in [1.165, 1.54) is 11.3 Å². The second-order valence-corrected chi connectivity index (χ2v) is 8.35. The van der Waals surface area contributed by atoms with Crippen LogP contribution in [0.5, 0.6) is 0 Å². The molecule has 2 heterocycles. The highest BCUT2D eigenvalue weighted by Gasteiger charge is 2.41. The molecule has 0 unspecified atom stereocenters. The van der Waals surface area contributed by atoms with Gasteiger partial charge in [0.05, 0.1) is 27.9 Å². The molecule has 9 nitrogen and oxygen atoms in total. The van der Waals surface area contributed by atoms with Crippen LogP contribution in [0.1, 0.15) is 6.42 Å². The maximum absolute atomic E-state index is 10.3. The zero-order chi connectivity index (χ0) is 20.7. The largest absolute Gasteiger partial charge is 0.396 e. The molecule has 29 heavy (non-hydrogen) atoms. The zero-order valence-electron chi connectivity index (χ0n) is 15.5. The minimum Gasteiger partial charge on any atom is -0.396 e. The van der Waals surface area contributed by atoms with Gasteiger partial charge in [-0.25, -0.2) is 9.97 Å². The number of nitrogen functional groups attached to an aromatic ring is 1. The number of benzene rings is 1. The Morgan fingerprint density at radius 3 is 2.72 bits per heavy atom. The standard InChI is InChI=1S/C18H21ClN6O3S/c1-21-8-2-3-11-9(5-8)23-17(29-11)12-15(19)24-18(20)25-16(12)22-10-4-7(6-26)13(27)14(10)28/h2-3,5,7,10,13-14,21,26-28H,4,6H2,1H3,(H3,20,22,24,25)/t7-,10-,13-,14+/m1/s1. The highest BCUT2D eigenvalue weighted by molar-refractivity contribution is 7.21. The minimum atomic E-state index is -1.07. The molecular weight excluding hydrogens is 416 g/mol. The fraction of sp³-hybridized carbons (Fsp3) is 0.389. The quantitative estimate of drug-likeness (QED) is 0.327. The third-order valence-electron chi connectivity index (χ3n) is 5.13. The topological polar surface area (TPSA) is 149 Å². The fourth-order valence-electron chi connectivity index (χ4n) is 3.56. The number of nitrogens with zero attached hydrogens (tertiary/aromatic N) is 3. The summed E-state index contributed by atoms with van der Waals surface area (Å²) in [4.78, 5) is 13.0. The molecule has 0 bridgehead atoms. The number of anilines is 3. The summed E-state index contributed by atoms with van der Waals surface area (Å²) in [7, 11) is 1.84. The number of hydrogen-bond donors (Lipinski definition) is 6. The molecule has 0 spiro atoms. The first-order valence-corrected chi connectivity index (χ1v) is 10.3.